The highest BCUT2D eigenvalue weighted by Gasteiger charge is 2.30. The third kappa shape index (κ3) is 6.77. The van der Waals surface area contributed by atoms with Crippen molar-refractivity contribution in [3.63, 3.8) is 0 Å². The maximum Gasteiger partial charge on any atom is 0.416 e. The van der Waals surface area contributed by atoms with E-state index in [1.54, 1.807) is 18.0 Å². The van der Waals surface area contributed by atoms with Gasteiger partial charge in [-0.1, -0.05) is 48.5 Å². The van der Waals surface area contributed by atoms with Crippen molar-refractivity contribution < 1.29 is 23.1 Å². The lowest BCUT2D eigenvalue weighted by Crippen LogP contribution is -2.48. The average Bonchev–Trinajstić information content (AvgIpc) is 3.25. The van der Waals surface area contributed by atoms with Crippen LogP contribution in [-0.2, 0) is 32.1 Å². The van der Waals surface area contributed by atoms with Crippen molar-refractivity contribution in [2.24, 2.45) is 0 Å². The zero-order valence-corrected chi connectivity index (χ0v) is 24.4. The van der Waals surface area contributed by atoms with Crippen LogP contribution in [0.3, 0.4) is 0 Å². The first-order valence-electron chi connectivity index (χ1n) is 14.1. The minimum atomic E-state index is -4.42. The molecule has 0 aliphatic carbocycles. The molecule has 0 fully saturated rings. The van der Waals surface area contributed by atoms with E-state index in [0.717, 1.165) is 47.6 Å². The second-order valence-electron chi connectivity index (χ2n) is 10.6. The molecule has 1 amide bonds. The zero-order valence-electron chi connectivity index (χ0n) is 23.6. The van der Waals surface area contributed by atoms with Crippen LogP contribution < -0.4 is 14.9 Å². The monoisotopic (exact) mass is 596 g/mol. The van der Waals surface area contributed by atoms with Crippen LogP contribution in [0.2, 0.25) is 0 Å². The number of nitrogens with zero attached hydrogens (tertiary/aromatic N) is 2. The number of alkyl halides is 3. The Bertz CT molecular complexity index is 1540. The van der Waals surface area contributed by atoms with Crippen molar-refractivity contribution in [2.45, 2.75) is 51.2 Å². The molecule has 0 spiro atoms. The molecule has 0 saturated carbocycles. The number of hydrogen-bond acceptors (Lipinski definition) is 5. The lowest BCUT2D eigenvalue weighted by molar-refractivity contribution is -0.137. The first kappa shape index (κ1) is 30.0. The van der Waals surface area contributed by atoms with Gasteiger partial charge >= 0.3 is 6.18 Å². The predicted octanol–water partition coefficient (Wildman–Crippen LogP) is 5.81. The van der Waals surface area contributed by atoms with Gasteiger partial charge in [-0.2, -0.15) is 13.2 Å². The zero-order chi connectivity index (χ0) is 29.9. The molecule has 42 heavy (non-hydrogen) atoms. The summed E-state index contributed by atoms with van der Waals surface area (Å²) in [5, 5.41) is 18.5. The Kier molecular flexibility index (Phi) is 9.15. The first-order valence-corrected chi connectivity index (χ1v) is 15.0. The van der Waals surface area contributed by atoms with Gasteiger partial charge in [-0.25, -0.2) is 0 Å². The molecule has 1 aliphatic heterocycles. The van der Waals surface area contributed by atoms with Gasteiger partial charge < -0.3 is 24.6 Å². The summed E-state index contributed by atoms with van der Waals surface area (Å²) in [5.41, 5.74) is 4.47. The number of anilines is 1. The van der Waals surface area contributed by atoms with Gasteiger partial charge in [0.15, 0.2) is 0 Å². The summed E-state index contributed by atoms with van der Waals surface area (Å²) in [5.74, 6) is 0.660. The van der Waals surface area contributed by atoms with Gasteiger partial charge in [-0.3, -0.25) is 4.79 Å². The number of aromatic nitrogens is 1. The number of carbonyl (C=O) groups is 1. The molecule has 3 aromatic carbocycles. The number of aliphatic hydroxyl groups excluding tert-OH is 1. The number of amides is 1. The van der Waals surface area contributed by atoms with E-state index in [9.17, 15) is 23.1 Å². The van der Waals surface area contributed by atoms with E-state index in [4.69, 9.17) is 0 Å². The third-order valence-electron chi connectivity index (χ3n) is 7.65. The lowest BCUT2D eigenvalue weighted by Gasteiger charge is -2.25. The van der Waals surface area contributed by atoms with Gasteiger partial charge in [0.2, 0.25) is 0 Å². The fraction of sp³-hybridized carbons (Fsp3) is 0.344. The maximum atomic E-state index is 13.7. The third-order valence-corrected chi connectivity index (χ3v) is 8.62. The molecule has 1 aliphatic rings. The lowest BCUT2D eigenvalue weighted by atomic mass is 9.99. The minimum Gasteiger partial charge on any atom is -0.390 e. The van der Waals surface area contributed by atoms with Gasteiger partial charge in [0.25, 0.3) is 5.91 Å². The van der Waals surface area contributed by atoms with Gasteiger partial charge in [0, 0.05) is 49.6 Å². The summed E-state index contributed by atoms with van der Waals surface area (Å²) in [6.07, 6.45) is -1.90. The molecule has 10 heteroatoms. The Morgan fingerprint density at radius 3 is 2.57 bits per heavy atom. The molecular weight excluding hydrogens is 561 g/mol. The number of aliphatic hydroxyl groups is 1. The Balaban J connectivity index is 1.35. The first-order chi connectivity index (χ1) is 20.1. The molecule has 0 saturated heterocycles. The van der Waals surface area contributed by atoms with Gasteiger partial charge in [-0.05, 0) is 66.6 Å². The molecule has 6 nitrogen and oxygen atoms in total. The summed E-state index contributed by atoms with van der Waals surface area (Å²) in [4.78, 5) is 13.7. The Hall–Kier alpha value is -3.47. The van der Waals surface area contributed by atoms with Crippen molar-refractivity contribution in [3.8, 4) is 0 Å². The average molecular weight is 597 g/mol. The number of hydrogen-bond donors (Lipinski definition) is 3. The molecule has 0 unspecified atom stereocenters. The van der Waals surface area contributed by atoms with E-state index in [1.165, 1.54) is 17.0 Å². The van der Waals surface area contributed by atoms with E-state index >= 15 is 0 Å². The number of benzene rings is 3. The quantitative estimate of drug-likeness (QED) is 0.202. The Morgan fingerprint density at radius 2 is 1.83 bits per heavy atom. The summed E-state index contributed by atoms with van der Waals surface area (Å²) < 4.78 is 43.6. The van der Waals surface area contributed by atoms with Gasteiger partial charge in [-0.15, -0.1) is 0 Å². The number of nitrogens with one attached hydrogen (secondary N) is 2. The van der Waals surface area contributed by atoms with Crippen LogP contribution in [-0.4, -0.2) is 47.1 Å². The second-order valence-corrected chi connectivity index (χ2v) is 11.8. The molecule has 4 aromatic rings. The van der Waals surface area contributed by atoms with Gasteiger partial charge in [0.05, 0.1) is 28.9 Å². The fourth-order valence-corrected chi connectivity index (χ4v) is 6.32. The number of aryl methyl sites for hydroxylation is 2. The van der Waals surface area contributed by atoms with Crippen LogP contribution in [0.1, 0.15) is 39.5 Å². The normalized spacial score (nSPS) is 15.0. The van der Waals surface area contributed by atoms with Crippen molar-refractivity contribution in [1.29, 1.82) is 0 Å². The Labute approximate surface area is 248 Å². The van der Waals surface area contributed by atoms with E-state index in [-0.39, 0.29) is 19.0 Å². The smallest absolute Gasteiger partial charge is 0.390 e. The van der Waals surface area contributed by atoms with Crippen LogP contribution in [0.4, 0.5) is 18.9 Å². The van der Waals surface area contributed by atoms with E-state index in [1.807, 2.05) is 49.5 Å². The highest BCUT2D eigenvalue weighted by atomic mass is 32.2. The van der Waals surface area contributed by atoms with Crippen LogP contribution in [0.15, 0.2) is 72.9 Å². The van der Waals surface area contributed by atoms with Crippen LogP contribution >= 0.6 is 11.9 Å². The predicted molar refractivity (Wildman–Crippen MR) is 163 cm³/mol. The minimum absolute atomic E-state index is 0.0831. The van der Waals surface area contributed by atoms with Crippen molar-refractivity contribution in [2.75, 3.05) is 23.7 Å². The molecule has 2 heterocycles. The molecular formula is C32H35F3N4O2S. The molecule has 0 radical (unpaired) electrons. The number of carbonyl (C=O) groups excluding carboxylic acids is 1. The fourth-order valence-electron chi connectivity index (χ4n) is 5.45. The molecule has 222 valence electrons. The van der Waals surface area contributed by atoms with Crippen LogP contribution in [0, 0.1) is 0 Å². The van der Waals surface area contributed by atoms with E-state index in [2.05, 4.69) is 32.6 Å². The molecule has 1 aromatic heterocycles. The molecule has 3 N–H and O–H groups in total. The standard InChI is InChI=1S/C32H35F3N4O2S/c1-3-39-20-23-12-13-42-38(2)27-16-24(17-28(39)30(23)27)31(41)37-26(15-21-8-5-4-6-9-21)29(40)19-36-18-22-10-7-11-25(14-22)32(33,34)35/h4-11,14,16-17,20,26,29,36,40H,3,12-13,15,18-19H2,1-2H3,(H,37,41)/t26-,29+/m0/s1. The summed E-state index contributed by atoms with van der Waals surface area (Å²) in [6.45, 7) is 3.09. The topological polar surface area (TPSA) is 69.5 Å². The van der Waals surface area contributed by atoms with Gasteiger partial charge in [0.1, 0.15) is 0 Å². The highest BCUT2D eigenvalue weighted by molar-refractivity contribution is 8.00. The largest absolute Gasteiger partial charge is 0.416 e. The molecule has 5 rings (SSSR count). The van der Waals surface area contributed by atoms with E-state index in [0.29, 0.717) is 17.5 Å². The van der Waals surface area contributed by atoms with Crippen molar-refractivity contribution in [1.82, 2.24) is 15.2 Å². The summed E-state index contributed by atoms with van der Waals surface area (Å²) in [7, 11) is 2.01. The molecule has 2 atom stereocenters. The van der Waals surface area contributed by atoms with Crippen molar-refractivity contribution >= 4 is 34.4 Å². The second kappa shape index (κ2) is 12.8. The highest BCUT2D eigenvalue weighted by Crippen LogP contribution is 2.38. The summed E-state index contributed by atoms with van der Waals surface area (Å²) in [6, 6.07) is 17.9. The SMILES string of the molecule is CCn1cc2c3c(cc(C(=O)N[C@@H](Cc4ccccc4)[C@H](O)CNCc4cccc(C(F)(F)F)c4)cc31)N(C)SCC2. The number of rotatable bonds is 10. The maximum absolute atomic E-state index is 13.7. The van der Waals surface area contributed by atoms with Crippen LogP contribution in [0.5, 0.6) is 0 Å². The van der Waals surface area contributed by atoms with Crippen molar-refractivity contribution in [3.05, 3.63) is 101 Å². The Morgan fingerprint density at radius 1 is 1.07 bits per heavy atom. The van der Waals surface area contributed by atoms with E-state index < -0.39 is 23.9 Å². The molecule has 0 bridgehead atoms. The number of halogens is 3. The van der Waals surface area contributed by atoms with Crippen LogP contribution in [0.25, 0.3) is 10.9 Å². The summed E-state index contributed by atoms with van der Waals surface area (Å²) >= 11 is 1.72.